The molecule has 0 spiro atoms. The highest BCUT2D eigenvalue weighted by Crippen LogP contribution is 2.31. The van der Waals surface area contributed by atoms with Crippen molar-refractivity contribution >= 4 is 15.9 Å². The standard InChI is InChI=1S/C27H33FN2O5S/c1-18-21(15-16-34-19(2)29-26(31)35-27(3,4)5)17-25(30(18)23-11-9-22(28)10-12-23)20-7-13-24(14-8-20)36(6,32)33/h7-14,17,19H,15-16H2,1-6H3,(H,29,31)/t19-/m1/s1. The molecule has 0 aliphatic rings. The molecule has 0 fully saturated rings. The second-order valence-corrected chi connectivity index (χ2v) is 11.7. The number of nitrogens with zero attached hydrogens (tertiary/aromatic N) is 1. The number of nitrogens with one attached hydrogen (secondary N) is 1. The van der Waals surface area contributed by atoms with Crippen LogP contribution in [0.3, 0.4) is 0 Å². The summed E-state index contributed by atoms with van der Waals surface area (Å²) in [4.78, 5) is 12.2. The first-order valence-electron chi connectivity index (χ1n) is 11.6. The number of amides is 1. The van der Waals surface area contributed by atoms with Crippen LogP contribution in [-0.2, 0) is 25.7 Å². The Hall–Kier alpha value is -3.17. The van der Waals surface area contributed by atoms with Gasteiger partial charge >= 0.3 is 6.09 Å². The van der Waals surface area contributed by atoms with Crippen LogP contribution in [0.1, 0.15) is 39.0 Å². The maximum absolute atomic E-state index is 13.6. The van der Waals surface area contributed by atoms with Crippen molar-refractivity contribution in [2.24, 2.45) is 0 Å². The van der Waals surface area contributed by atoms with E-state index in [0.717, 1.165) is 28.2 Å². The van der Waals surface area contributed by atoms with Crippen molar-refractivity contribution in [1.29, 1.82) is 0 Å². The Morgan fingerprint density at radius 2 is 1.69 bits per heavy atom. The summed E-state index contributed by atoms with van der Waals surface area (Å²) in [5.41, 5.74) is 3.80. The maximum atomic E-state index is 13.6. The third kappa shape index (κ3) is 7.18. The molecule has 3 rings (SSSR count). The van der Waals surface area contributed by atoms with Crippen LogP contribution in [0.25, 0.3) is 16.9 Å². The molecule has 0 unspecified atom stereocenters. The lowest BCUT2D eigenvalue weighted by molar-refractivity contribution is 0.0142. The molecular formula is C27H33FN2O5S. The smallest absolute Gasteiger partial charge is 0.409 e. The molecular weight excluding hydrogens is 483 g/mol. The van der Waals surface area contributed by atoms with E-state index in [9.17, 15) is 17.6 Å². The largest absolute Gasteiger partial charge is 0.444 e. The second kappa shape index (κ2) is 10.8. The van der Waals surface area contributed by atoms with Gasteiger partial charge in [0, 0.05) is 17.6 Å². The molecule has 0 aliphatic heterocycles. The first-order valence-corrected chi connectivity index (χ1v) is 13.5. The minimum atomic E-state index is -3.31. The van der Waals surface area contributed by atoms with Gasteiger partial charge in [-0.25, -0.2) is 17.6 Å². The fourth-order valence-electron chi connectivity index (χ4n) is 3.78. The quantitative estimate of drug-likeness (QED) is 0.404. The molecule has 0 saturated heterocycles. The van der Waals surface area contributed by atoms with Gasteiger partial charge in [0.25, 0.3) is 0 Å². The minimum Gasteiger partial charge on any atom is -0.444 e. The van der Waals surface area contributed by atoms with E-state index in [1.54, 1.807) is 64.1 Å². The number of halogens is 1. The summed E-state index contributed by atoms with van der Waals surface area (Å²) in [5, 5.41) is 2.66. The van der Waals surface area contributed by atoms with Crippen LogP contribution in [-0.4, -0.2) is 43.8 Å². The lowest BCUT2D eigenvalue weighted by Gasteiger charge is -2.22. The van der Waals surface area contributed by atoms with Gasteiger partial charge in [-0.15, -0.1) is 0 Å². The molecule has 9 heteroatoms. The van der Waals surface area contributed by atoms with Crippen molar-refractivity contribution < 1.29 is 27.1 Å². The number of hydrogen-bond donors (Lipinski definition) is 1. The Kier molecular flexibility index (Phi) is 8.26. The minimum absolute atomic E-state index is 0.239. The fourth-order valence-corrected chi connectivity index (χ4v) is 4.41. The number of carbonyl (C=O) groups excluding carboxylic acids is 1. The molecule has 1 atom stereocenters. The van der Waals surface area contributed by atoms with Crippen molar-refractivity contribution in [2.75, 3.05) is 12.9 Å². The van der Waals surface area contributed by atoms with Crippen LogP contribution in [0.2, 0.25) is 0 Å². The topological polar surface area (TPSA) is 86.6 Å². The average Bonchev–Trinajstić information content (AvgIpc) is 3.08. The highest BCUT2D eigenvalue weighted by molar-refractivity contribution is 7.90. The summed E-state index contributed by atoms with van der Waals surface area (Å²) >= 11 is 0. The van der Waals surface area contributed by atoms with Gasteiger partial charge in [0.05, 0.1) is 17.2 Å². The van der Waals surface area contributed by atoms with E-state index in [1.807, 2.05) is 17.6 Å². The van der Waals surface area contributed by atoms with Gasteiger partial charge in [-0.2, -0.15) is 0 Å². The molecule has 2 aromatic carbocycles. The molecule has 1 aromatic heterocycles. The van der Waals surface area contributed by atoms with E-state index in [-0.39, 0.29) is 10.7 Å². The number of rotatable bonds is 8. The van der Waals surface area contributed by atoms with Crippen LogP contribution in [0.4, 0.5) is 9.18 Å². The molecule has 0 saturated carbocycles. The van der Waals surface area contributed by atoms with Crippen LogP contribution in [0, 0.1) is 12.7 Å². The van der Waals surface area contributed by atoms with Crippen molar-refractivity contribution in [3.05, 3.63) is 71.7 Å². The summed E-state index contributed by atoms with van der Waals surface area (Å²) < 4.78 is 50.4. The Morgan fingerprint density at radius 3 is 2.25 bits per heavy atom. The predicted molar refractivity (Wildman–Crippen MR) is 137 cm³/mol. The first kappa shape index (κ1) is 27.4. The summed E-state index contributed by atoms with van der Waals surface area (Å²) in [5.74, 6) is -0.331. The van der Waals surface area contributed by atoms with Crippen LogP contribution >= 0.6 is 0 Å². The first-order chi connectivity index (χ1) is 16.7. The van der Waals surface area contributed by atoms with E-state index in [0.29, 0.717) is 13.0 Å². The average molecular weight is 517 g/mol. The lowest BCUT2D eigenvalue weighted by atomic mass is 10.1. The molecule has 7 nitrogen and oxygen atoms in total. The second-order valence-electron chi connectivity index (χ2n) is 9.66. The number of carbonyl (C=O) groups is 1. The van der Waals surface area contributed by atoms with Gasteiger partial charge in [-0.3, -0.25) is 5.32 Å². The Morgan fingerprint density at radius 1 is 1.08 bits per heavy atom. The van der Waals surface area contributed by atoms with Gasteiger partial charge in [0.15, 0.2) is 9.84 Å². The number of benzene rings is 2. The molecule has 1 heterocycles. The van der Waals surface area contributed by atoms with Crippen molar-refractivity contribution in [3.63, 3.8) is 0 Å². The Bertz CT molecular complexity index is 1310. The fraction of sp³-hybridized carbons (Fsp3) is 0.370. The zero-order chi connectivity index (χ0) is 26.7. The van der Waals surface area contributed by atoms with E-state index in [2.05, 4.69) is 5.32 Å². The molecule has 0 bridgehead atoms. The zero-order valence-electron chi connectivity index (χ0n) is 21.5. The van der Waals surface area contributed by atoms with Crippen molar-refractivity contribution in [1.82, 2.24) is 9.88 Å². The molecule has 0 aliphatic carbocycles. The van der Waals surface area contributed by atoms with Crippen molar-refractivity contribution in [2.45, 2.75) is 57.8 Å². The molecule has 1 N–H and O–H groups in total. The SMILES string of the molecule is Cc1c(CCO[C@H](C)NC(=O)OC(C)(C)C)cc(-c2ccc(S(C)(=O)=O)cc2)n1-c1ccc(F)cc1. The van der Waals surface area contributed by atoms with E-state index >= 15 is 0 Å². The monoisotopic (exact) mass is 516 g/mol. The van der Waals surface area contributed by atoms with Gasteiger partial charge < -0.3 is 14.0 Å². The molecule has 0 radical (unpaired) electrons. The zero-order valence-corrected chi connectivity index (χ0v) is 22.3. The number of aromatic nitrogens is 1. The lowest BCUT2D eigenvalue weighted by Crippen LogP contribution is -2.39. The van der Waals surface area contributed by atoms with Gasteiger partial charge in [-0.05, 0) is 94.6 Å². The third-order valence-electron chi connectivity index (χ3n) is 5.47. The van der Waals surface area contributed by atoms with Crippen LogP contribution in [0.15, 0.2) is 59.5 Å². The Balaban J connectivity index is 1.83. The molecule has 3 aromatic rings. The number of ether oxygens (including phenoxy) is 2. The van der Waals surface area contributed by atoms with E-state index in [4.69, 9.17) is 9.47 Å². The molecule has 1 amide bonds. The molecule has 194 valence electrons. The summed E-state index contributed by atoms with van der Waals surface area (Å²) in [6.45, 7) is 9.42. The number of sulfone groups is 1. The van der Waals surface area contributed by atoms with E-state index in [1.165, 1.54) is 18.4 Å². The Labute approximate surface area is 212 Å². The van der Waals surface area contributed by atoms with Crippen molar-refractivity contribution in [3.8, 4) is 16.9 Å². The summed E-state index contributed by atoms with van der Waals surface area (Å²) in [6, 6.07) is 14.9. The number of alkyl carbamates (subject to hydrolysis) is 1. The van der Waals surface area contributed by atoms with E-state index < -0.39 is 27.8 Å². The highest BCUT2D eigenvalue weighted by atomic mass is 32.2. The summed E-state index contributed by atoms with van der Waals surface area (Å²) in [6.07, 6.45) is 0.648. The predicted octanol–water partition coefficient (Wildman–Crippen LogP) is 5.43. The third-order valence-corrected chi connectivity index (χ3v) is 6.60. The molecule has 36 heavy (non-hydrogen) atoms. The maximum Gasteiger partial charge on any atom is 0.409 e. The van der Waals surface area contributed by atoms with Gasteiger partial charge in [0.2, 0.25) is 0 Å². The number of hydrogen-bond acceptors (Lipinski definition) is 5. The summed E-state index contributed by atoms with van der Waals surface area (Å²) in [7, 11) is -3.31. The van der Waals surface area contributed by atoms with Crippen LogP contribution < -0.4 is 5.32 Å². The van der Waals surface area contributed by atoms with Gasteiger partial charge in [0.1, 0.15) is 17.6 Å². The van der Waals surface area contributed by atoms with Gasteiger partial charge in [-0.1, -0.05) is 12.1 Å². The van der Waals surface area contributed by atoms with Crippen LogP contribution in [0.5, 0.6) is 0 Å². The normalized spacial score (nSPS) is 12.9. The highest BCUT2D eigenvalue weighted by Gasteiger charge is 2.19.